The van der Waals surface area contributed by atoms with E-state index in [2.05, 4.69) is 27.1 Å². The number of aromatic amines is 1. The SMILES string of the molecule is CN1CCC(N2CCN(C(=O)[C@@](C)(NC(=O)c3ccc4cc[nH]c4c3)C3CCCCC3)CC2)CC1. The minimum Gasteiger partial charge on any atom is -0.361 e. The molecule has 0 spiro atoms. The minimum atomic E-state index is -0.877. The molecular weight excluding hydrogens is 438 g/mol. The van der Waals surface area contributed by atoms with Gasteiger partial charge in [-0.2, -0.15) is 0 Å². The first-order valence-corrected chi connectivity index (χ1v) is 13.6. The van der Waals surface area contributed by atoms with Crippen LogP contribution in [0.4, 0.5) is 0 Å². The summed E-state index contributed by atoms with van der Waals surface area (Å²) >= 11 is 0. The van der Waals surface area contributed by atoms with Crippen LogP contribution in [0.1, 0.15) is 62.2 Å². The molecule has 2 amide bonds. The van der Waals surface area contributed by atoms with E-state index in [9.17, 15) is 9.59 Å². The van der Waals surface area contributed by atoms with Gasteiger partial charge in [0.2, 0.25) is 5.91 Å². The van der Waals surface area contributed by atoms with Crippen LogP contribution in [0.3, 0.4) is 0 Å². The van der Waals surface area contributed by atoms with Crippen LogP contribution >= 0.6 is 0 Å². The van der Waals surface area contributed by atoms with Crippen molar-refractivity contribution in [3.63, 3.8) is 0 Å². The van der Waals surface area contributed by atoms with E-state index in [-0.39, 0.29) is 17.7 Å². The lowest BCUT2D eigenvalue weighted by molar-refractivity contribution is -0.142. The van der Waals surface area contributed by atoms with Gasteiger partial charge < -0.3 is 20.1 Å². The Labute approximate surface area is 209 Å². The third kappa shape index (κ3) is 5.12. The number of nitrogens with one attached hydrogen (secondary N) is 2. The summed E-state index contributed by atoms with van der Waals surface area (Å²) in [5, 5.41) is 4.33. The number of carbonyl (C=O) groups is 2. The molecule has 7 heteroatoms. The van der Waals surface area contributed by atoms with Crippen molar-refractivity contribution in [2.75, 3.05) is 46.3 Å². The molecule has 3 aliphatic rings. The first kappa shape index (κ1) is 24.3. The average molecular weight is 480 g/mol. The molecule has 3 fully saturated rings. The molecule has 3 heterocycles. The number of piperazine rings is 1. The Kier molecular flexibility index (Phi) is 7.17. The molecule has 2 N–H and O–H groups in total. The van der Waals surface area contributed by atoms with E-state index in [0.29, 0.717) is 11.6 Å². The highest BCUT2D eigenvalue weighted by Crippen LogP contribution is 2.35. The standard InChI is InChI=1S/C28H41N5O2/c1-28(23-6-4-3-5-7-23,30-26(34)22-9-8-21-10-13-29-25(21)20-22)27(35)33-18-16-32(17-19-33)24-11-14-31(2)15-12-24/h8-10,13,20,23-24,29H,3-7,11-12,14-19H2,1-2H3,(H,30,34)/t28-/m0/s1. The second-order valence-corrected chi connectivity index (χ2v) is 11.1. The minimum absolute atomic E-state index is 0.0988. The molecule has 0 unspecified atom stereocenters. The molecule has 2 aromatic rings. The Hall–Kier alpha value is -2.38. The summed E-state index contributed by atoms with van der Waals surface area (Å²) in [4.78, 5) is 37.7. The van der Waals surface area contributed by atoms with Gasteiger partial charge in [-0.3, -0.25) is 14.5 Å². The average Bonchev–Trinajstić information content (AvgIpc) is 3.37. The fraction of sp³-hybridized carbons (Fsp3) is 0.643. The van der Waals surface area contributed by atoms with E-state index in [4.69, 9.17) is 0 Å². The van der Waals surface area contributed by atoms with Crippen molar-refractivity contribution < 1.29 is 9.59 Å². The van der Waals surface area contributed by atoms with E-state index < -0.39 is 5.54 Å². The van der Waals surface area contributed by atoms with Gasteiger partial charge >= 0.3 is 0 Å². The van der Waals surface area contributed by atoms with Gasteiger partial charge in [0.1, 0.15) is 5.54 Å². The summed E-state index contributed by atoms with van der Waals surface area (Å²) < 4.78 is 0. The number of amides is 2. The zero-order valence-corrected chi connectivity index (χ0v) is 21.4. The molecule has 2 saturated heterocycles. The van der Waals surface area contributed by atoms with Gasteiger partial charge in [-0.05, 0) is 82.2 Å². The van der Waals surface area contributed by atoms with Crippen LogP contribution in [0, 0.1) is 5.92 Å². The highest BCUT2D eigenvalue weighted by Gasteiger charge is 2.46. The summed E-state index contributed by atoms with van der Waals surface area (Å²) in [5.74, 6) is 0.114. The van der Waals surface area contributed by atoms with E-state index in [1.54, 1.807) is 0 Å². The van der Waals surface area contributed by atoms with Gasteiger partial charge in [-0.1, -0.05) is 25.3 Å². The number of hydrogen-bond acceptors (Lipinski definition) is 4. The largest absolute Gasteiger partial charge is 0.361 e. The number of nitrogens with zero attached hydrogens (tertiary/aromatic N) is 3. The second-order valence-electron chi connectivity index (χ2n) is 11.1. The molecule has 35 heavy (non-hydrogen) atoms. The number of aromatic nitrogens is 1. The monoisotopic (exact) mass is 479 g/mol. The molecule has 5 rings (SSSR count). The van der Waals surface area contributed by atoms with E-state index in [1.807, 2.05) is 42.3 Å². The molecule has 0 radical (unpaired) electrons. The van der Waals surface area contributed by atoms with Crippen molar-refractivity contribution in [3.8, 4) is 0 Å². The van der Waals surface area contributed by atoms with Crippen LogP contribution < -0.4 is 5.32 Å². The lowest BCUT2D eigenvalue weighted by Crippen LogP contribution is -2.65. The van der Waals surface area contributed by atoms with Crippen LogP contribution in [0.5, 0.6) is 0 Å². The molecule has 190 valence electrons. The third-order valence-corrected chi connectivity index (χ3v) is 8.86. The second kappa shape index (κ2) is 10.3. The fourth-order valence-corrected chi connectivity index (χ4v) is 6.49. The van der Waals surface area contributed by atoms with E-state index in [1.165, 1.54) is 19.3 Å². The Balaban J connectivity index is 1.29. The van der Waals surface area contributed by atoms with Crippen molar-refractivity contribution in [2.45, 2.75) is 63.5 Å². The number of hydrogen-bond donors (Lipinski definition) is 2. The topological polar surface area (TPSA) is 71.7 Å². The number of fused-ring (bicyclic) bond motifs is 1. The predicted octanol–water partition coefficient (Wildman–Crippen LogP) is 3.48. The van der Waals surface area contributed by atoms with Crippen molar-refractivity contribution in [1.29, 1.82) is 0 Å². The van der Waals surface area contributed by atoms with Crippen molar-refractivity contribution in [2.24, 2.45) is 5.92 Å². The predicted molar refractivity (Wildman–Crippen MR) is 139 cm³/mol. The Morgan fingerprint density at radius 1 is 0.943 bits per heavy atom. The molecule has 2 aliphatic heterocycles. The van der Waals surface area contributed by atoms with Gasteiger partial charge in [0, 0.05) is 49.5 Å². The fourth-order valence-electron chi connectivity index (χ4n) is 6.49. The number of carbonyl (C=O) groups excluding carboxylic acids is 2. The van der Waals surface area contributed by atoms with Gasteiger partial charge in [0.05, 0.1) is 0 Å². The zero-order chi connectivity index (χ0) is 24.4. The molecule has 1 aromatic carbocycles. The highest BCUT2D eigenvalue weighted by atomic mass is 16.2. The molecule has 1 aliphatic carbocycles. The quantitative estimate of drug-likeness (QED) is 0.689. The first-order valence-electron chi connectivity index (χ1n) is 13.6. The van der Waals surface area contributed by atoms with Gasteiger partial charge in [0.15, 0.2) is 0 Å². The number of likely N-dealkylation sites (tertiary alicyclic amines) is 1. The number of piperidine rings is 1. The summed E-state index contributed by atoms with van der Waals surface area (Å²) in [7, 11) is 2.20. The van der Waals surface area contributed by atoms with Crippen molar-refractivity contribution in [1.82, 2.24) is 25.0 Å². The summed E-state index contributed by atoms with van der Waals surface area (Å²) in [6, 6.07) is 8.34. The molecular formula is C28H41N5O2. The summed E-state index contributed by atoms with van der Waals surface area (Å²) in [6.07, 6.45) is 9.77. The maximum atomic E-state index is 14.1. The maximum absolute atomic E-state index is 14.1. The normalized spacial score (nSPS) is 23.3. The van der Waals surface area contributed by atoms with Gasteiger partial charge in [0.25, 0.3) is 5.91 Å². The van der Waals surface area contributed by atoms with Crippen LogP contribution in [0.25, 0.3) is 10.9 Å². The lowest BCUT2D eigenvalue weighted by Gasteiger charge is -2.46. The van der Waals surface area contributed by atoms with Crippen molar-refractivity contribution in [3.05, 3.63) is 36.0 Å². The molecule has 1 atom stereocenters. The maximum Gasteiger partial charge on any atom is 0.252 e. The third-order valence-electron chi connectivity index (χ3n) is 8.86. The molecule has 1 aromatic heterocycles. The van der Waals surface area contributed by atoms with Crippen molar-refractivity contribution >= 4 is 22.7 Å². The van der Waals surface area contributed by atoms with Gasteiger partial charge in [-0.25, -0.2) is 0 Å². The number of benzene rings is 1. The highest BCUT2D eigenvalue weighted by molar-refractivity contribution is 6.01. The molecule has 0 bridgehead atoms. The zero-order valence-electron chi connectivity index (χ0n) is 21.4. The first-order chi connectivity index (χ1) is 16.9. The number of H-pyrrole nitrogens is 1. The van der Waals surface area contributed by atoms with Crippen LogP contribution in [0.2, 0.25) is 0 Å². The summed E-state index contributed by atoms with van der Waals surface area (Å²) in [6.45, 7) is 7.65. The lowest BCUT2D eigenvalue weighted by atomic mass is 9.74. The smallest absolute Gasteiger partial charge is 0.252 e. The summed E-state index contributed by atoms with van der Waals surface area (Å²) in [5.41, 5.74) is 0.660. The van der Waals surface area contributed by atoms with Crippen LogP contribution in [-0.2, 0) is 4.79 Å². The molecule has 7 nitrogen and oxygen atoms in total. The Bertz CT molecular complexity index is 1030. The van der Waals surface area contributed by atoms with Gasteiger partial charge in [-0.15, -0.1) is 0 Å². The number of rotatable bonds is 5. The molecule has 1 saturated carbocycles. The Morgan fingerprint density at radius 2 is 1.66 bits per heavy atom. The van der Waals surface area contributed by atoms with E-state index >= 15 is 0 Å². The van der Waals surface area contributed by atoms with Crippen LogP contribution in [-0.4, -0.2) is 89.4 Å². The van der Waals surface area contributed by atoms with E-state index in [0.717, 1.165) is 75.9 Å². The Morgan fingerprint density at radius 3 is 2.37 bits per heavy atom. The van der Waals surface area contributed by atoms with Crippen LogP contribution in [0.15, 0.2) is 30.5 Å².